The van der Waals surface area contributed by atoms with Crippen molar-refractivity contribution in [1.29, 1.82) is 0 Å². The van der Waals surface area contributed by atoms with Crippen molar-refractivity contribution in [2.24, 2.45) is 0 Å². The van der Waals surface area contributed by atoms with E-state index >= 15 is 0 Å². The van der Waals surface area contributed by atoms with Crippen LogP contribution in [0, 0.1) is 0 Å². The summed E-state index contributed by atoms with van der Waals surface area (Å²) in [5, 5.41) is 5.09. The van der Waals surface area contributed by atoms with Crippen molar-refractivity contribution in [3.63, 3.8) is 0 Å². The Hall–Kier alpha value is -3.23. The highest BCUT2D eigenvalue weighted by Crippen LogP contribution is 2.31. The van der Waals surface area contributed by atoms with Gasteiger partial charge in [0.05, 0.1) is 12.7 Å². The van der Waals surface area contributed by atoms with Crippen LogP contribution in [0.15, 0.2) is 42.5 Å². The molecule has 2 rings (SSSR count). The fourth-order valence-corrected chi connectivity index (χ4v) is 2.41. The second kappa shape index (κ2) is 9.31. The largest absolute Gasteiger partial charge is 0.493 e. The molecule has 0 aromatic heterocycles. The molecule has 0 bridgehead atoms. The first-order valence-corrected chi connectivity index (χ1v) is 8.69. The van der Waals surface area contributed by atoms with Gasteiger partial charge in [-0.1, -0.05) is 6.07 Å². The van der Waals surface area contributed by atoms with Crippen LogP contribution < -0.4 is 20.1 Å². The van der Waals surface area contributed by atoms with Crippen LogP contribution in [0.5, 0.6) is 11.5 Å². The molecule has 156 valence electrons. The van der Waals surface area contributed by atoms with Crippen LogP contribution in [0.2, 0.25) is 0 Å². The van der Waals surface area contributed by atoms with E-state index in [1.54, 1.807) is 0 Å². The summed E-state index contributed by atoms with van der Waals surface area (Å²) >= 11 is 0. The fourth-order valence-electron chi connectivity index (χ4n) is 2.41. The lowest BCUT2D eigenvalue weighted by atomic mass is 10.1. The Morgan fingerprint density at radius 3 is 2.41 bits per heavy atom. The maximum atomic E-state index is 12.8. The number of nitrogens with one attached hydrogen (secondary N) is 2. The minimum atomic E-state index is -4.51. The van der Waals surface area contributed by atoms with E-state index in [-0.39, 0.29) is 41.3 Å². The number of hydrogen-bond acceptors (Lipinski definition) is 4. The second-order valence-electron chi connectivity index (χ2n) is 6.41. The number of carbonyl (C=O) groups excluding carboxylic acids is 2. The lowest BCUT2D eigenvalue weighted by Crippen LogP contribution is -2.34. The maximum absolute atomic E-state index is 12.8. The molecule has 0 aliphatic rings. The summed E-state index contributed by atoms with van der Waals surface area (Å²) in [5.74, 6) is -0.471. The van der Waals surface area contributed by atoms with E-state index in [4.69, 9.17) is 9.47 Å². The van der Waals surface area contributed by atoms with E-state index in [1.807, 2.05) is 13.8 Å². The maximum Gasteiger partial charge on any atom is 0.416 e. The van der Waals surface area contributed by atoms with Crippen LogP contribution >= 0.6 is 0 Å². The molecule has 2 amide bonds. The molecule has 2 aromatic carbocycles. The van der Waals surface area contributed by atoms with Gasteiger partial charge in [0, 0.05) is 17.3 Å². The predicted octanol–water partition coefficient (Wildman–Crippen LogP) is 3.87. The Morgan fingerprint density at radius 1 is 1.07 bits per heavy atom. The first kappa shape index (κ1) is 22.1. The highest BCUT2D eigenvalue weighted by molar-refractivity contribution is 6.04. The molecule has 0 aliphatic carbocycles. The van der Waals surface area contributed by atoms with Crippen molar-refractivity contribution in [3.8, 4) is 11.5 Å². The number of methoxy groups -OCH3 is 1. The van der Waals surface area contributed by atoms with E-state index in [9.17, 15) is 22.8 Å². The third-order valence-electron chi connectivity index (χ3n) is 3.68. The summed E-state index contributed by atoms with van der Waals surface area (Å²) in [6.45, 7) is 3.40. The van der Waals surface area contributed by atoms with Crippen LogP contribution in [-0.2, 0) is 11.0 Å². The Kier molecular flexibility index (Phi) is 7.08. The van der Waals surface area contributed by atoms with E-state index in [0.717, 1.165) is 12.1 Å². The SMILES string of the molecule is COc1cc(C(=O)Nc2cccc(C(F)(F)F)c2)ccc1OCC(=O)NC(C)C. The number of benzene rings is 2. The summed E-state index contributed by atoms with van der Waals surface area (Å²) in [7, 11) is 1.37. The summed E-state index contributed by atoms with van der Waals surface area (Å²) < 4.78 is 49.0. The van der Waals surface area contributed by atoms with Crippen molar-refractivity contribution in [1.82, 2.24) is 5.32 Å². The Balaban J connectivity index is 2.11. The number of amides is 2. The van der Waals surface area contributed by atoms with Crippen LogP contribution in [0.3, 0.4) is 0 Å². The fraction of sp³-hybridized carbons (Fsp3) is 0.300. The van der Waals surface area contributed by atoms with Gasteiger partial charge in [0.2, 0.25) is 0 Å². The molecule has 0 saturated heterocycles. The predicted molar refractivity (Wildman–Crippen MR) is 101 cm³/mol. The normalized spacial score (nSPS) is 11.1. The van der Waals surface area contributed by atoms with Gasteiger partial charge >= 0.3 is 6.18 Å². The molecule has 6 nitrogen and oxygen atoms in total. The average molecular weight is 410 g/mol. The van der Waals surface area contributed by atoms with Gasteiger partial charge in [-0.3, -0.25) is 9.59 Å². The number of rotatable bonds is 7. The lowest BCUT2D eigenvalue weighted by Gasteiger charge is -2.14. The van der Waals surface area contributed by atoms with Gasteiger partial charge in [-0.05, 0) is 50.2 Å². The minimum Gasteiger partial charge on any atom is -0.493 e. The zero-order chi connectivity index (χ0) is 21.6. The molecule has 2 aromatic rings. The zero-order valence-electron chi connectivity index (χ0n) is 16.1. The van der Waals surface area contributed by atoms with E-state index < -0.39 is 17.6 Å². The molecular formula is C20H21F3N2O4. The van der Waals surface area contributed by atoms with Gasteiger partial charge in [-0.15, -0.1) is 0 Å². The molecule has 0 aliphatic heterocycles. The molecule has 2 N–H and O–H groups in total. The van der Waals surface area contributed by atoms with Crippen molar-refractivity contribution in [2.45, 2.75) is 26.1 Å². The summed E-state index contributed by atoms with van der Waals surface area (Å²) in [6.07, 6.45) is -4.51. The van der Waals surface area contributed by atoms with E-state index in [0.29, 0.717) is 0 Å². The number of halogens is 3. The smallest absolute Gasteiger partial charge is 0.416 e. The highest BCUT2D eigenvalue weighted by Gasteiger charge is 2.30. The van der Waals surface area contributed by atoms with Gasteiger partial charge in [0.1, 0.15) is 0 Å². The van der Waals surface area contributed by atoms with Crippen LogP contribution in [0.4, 0.5) is 18.9 Å². The third-order valence-corrected chi connectivity index (χ3v) is 3.68. The molecule has 0 saturated carbocycles. The van der Waals surface area contributed by atoms with E-state index in [1.165, 1.54) is 37.4 Å². The molecule has 0 unspecified atom stereocenters. The van der Waals surface area contributed by atoms with Crippen LogP contribution in [-0.4, -0.2) is 31.6 Å². The Labute approximate surface area is 166 Å². The molecule has 0 radical (unpaired) electrons. The van der Waals surface area contributed by atoms with Crippen molar-refractivity contribution in [3.05, 3.63) is 53.6 Å². The first-order chi connectivity index (χ1) is 13.6. The van der Waals surface area contributed by atoms with Crippen molar-refractivity contribution >= 4 is 17.5 Å². The summed E-state index contributed by atoms with van der Waals surface area (Å²) in [6, 6.07) is 8.53. The van der Waals surface area contributed by atoms with Gasteiger partial charge in [-0.2, -0.15) is 13.2 Å². The molecule has 0 heterocycles. The molecule has 0 spiro atoms. The number of ether oxygens (including phenoxy) is 2. The van der Waals surface area contributed by atoms with Gasteiger partial charge in [0.25, 0.3) is 11.8 Å². The van der Waals surface area contributed by atoms with Crippen LogP contribution in [0.1, 0.15) is 29.8 Å². The number of anilines is 1. The Morgan fingerprint density at radius 2 is 1.79 bits per heavy atom. The van der Waals surface area contributed by atoms with Gasteiger partial charge in [-0.25, -0.2) is 0 Å². The zero-order valence-corrected chi connectivity index (χ0v) is 16.1. The first-order valence-electron chi connectivity index (χ1n) is 8.69. The highest BCUT2D eigenvalue weighted by atomic mass is 19.4. The summed E-state index contributed by atoms with van der Waals surface area (Å²) in [4.78, 5) is 24.1. The van der Waals surface area contributed by atoms with E-state index in [2.05, 4.69) is 10.6 Å². The minimum absolute atomic E-state index is 0.00877. The Bertz CT molecular complexity index is 882. The molecule has 9 heteroatoms. The second-order valence-corrected chi connectivity index (χ2v) is 6.41. The number of hydrogen-bond donors (Lipinski definition) is 2. The van der Waals surface area contributed by atoms with Crippen LogP contribution in [0.25, 0.3) is 0 Å². The monoisotopic (exact) mass is 410 g/mol. The van der Waals surface area contributed by atoms with Crippen molar-refractivity contribution in [2.75, 3.05) is 19.0 Å². The van der Waals surface area contributed by atoms with Gasteiger partial charge in [0.15, 0.2) is 18.1 Å². The summed E-state index contributed by atoms with van der Waals surface area (Å²) in [5.41, 5.74) is -0.705. The molecule has 0 atom stereocenters. The van der Waals surface area contributed by atoms with Gasteiger partial charge < -0.3 is 20.1 Å². The lowest BCUT2D eigenvalue weighted by molar-refractivity contribution is -0.137. The molecule has 0 fully saturated rings. The number of alkyl halides is 3. The molecule has 29 heavy (non-hydrogen) atoms. The van der Waals surface area contributed by atoms with Crippen molar-refractivity contribution < 1.29 is 32.2 Å². The third kappa shape index (κ3) is 6.41. The quantitative estimate of drug-likeness (QED) is 0.727. The number of carbonyl (C=O) groups is 2. The molecular weight excluding hydrogens is 389 g/mol. The standard InChI is InChI=1S/C20H21F3N2O4/c1-12(2)24-18(26)11-29-16-8-7-13(9-17(16)28-3)19(27)25-15-6-4-5-14(10-15)20(21,22)23/h4-10,12H,11H2,1-3H3,(H,24,26)(H,25,27). The topological polar surface area (TPSA) is 76.7 Å². The average Bonchev–Trinajstić information content (AvgIpc) is 2.65.